The minimum Gasteiger partial charge on any atom is -0.468 e. The quantitative estimate of drug-likeness (QED) is 0.807. The Bertz CT molecular complexity index is 802. The van der Waals surface area contributed by atoms with Crippen LogP contribution in [0.2, 0.25) is 0 Å². The monoisotopic (exact) mass is 400 g/mol. The van der Waals surface area contributed by atoms with Crippen molar-refractivity contribution in [3.63, 3.8) is 0 Å². The predicted octanol–water partition coefficient (Wildman–Crippen LogP) is 3.50. The molecule has 0 saturated carbocycles. The fourth-order valence-corrected chi connectivity index (χ4v) is 4.58. The van der Waals surface area contributed by atoms with E-state index in [1.807, 2.05) is 18.2 Å². The summed E-state index contributed by atoms with van der Waals surface area (Å²) in [4.78, 5) is 15.2. The number of hydrogen-bond donors (Lipinski definition) is 1. The van der Waals surface area contributed by atoms with Crippen LogP contribution < -0.4 is 5.32 Å². The molecule has 0 radical (unpaired) electrons. The molecular formula is C23H29FN2O3. The second kappa shape index (κ2) is 9.09. The molecule has 2 aliphatic rings. The Morgan fingerprint density at radius 1 is 1.24 bits per heavy atom. The zero-order valence-corrected chi connectivity index (χ0v) is 16.7. The number of carbonyl (C=O) groups excluding carboxylic acids is 1. The molecule has 6 heteroatoms. The van der Waals surface area contributed by atoms with Crippen molar-refractivity contribution in [1.82, 2.24) is 10.2 Å². The SMILES string of the molecule is O=C(NCC1(c2cccc(F)c2)CCOCC1)C1CCCN(Cc2ccco2)C1. The fourth-order valence-electron chi connectivity index (χ4n) is 4.58. The van der Waals surface area contributed by atoms with Gasteiger partial charge in [0.1, 0.15) is 11.6 Å². The predicted molar refractivity (Wildman–Crippen MR) is 108 cm³/mol. The normalized spacial score (nSPS) is 22.3. The Labute approximate surface area is 171 Å². The van der Waals surface area contributed by atoms with Crippen LogP contribution in [0.3, 0.4) is 0 Å². The highest BCUT2D eigenvalue weighted by Crippen LogP contribution is 2.35. The minimum atomic E-state index is -0.265. The highest BCUT2D eigenvalue weighted by atomic mass is 19.1. The molecule has 3 heterocycles. The van der Waals surface area contributed by atoms with Gasteiger partial charge in [-0.3, -0.25) is 9.69 Å². The van der Waals surface area contributed by atoms with Gasteiger partial charge in [0, 0.05) is 31.7 Å². The first kappa shape index (κ1) is 20.1. The summed E-state index contributed by atoms with van der Waals surface area (Å²) in [5.74, 6) is 0.762. The lowest BCUT2D eigenvalue weighted by molar-refractivity contribution is -0.127. The zero-order chi connectivity index (χ0) is 20.1. The molecule has 29 heavy (non-hydrogen) atoms. The summed E-state index contributed by atoms with van der Waals surface area (Å²) in [6, 6.07) is 10.6. The van der Waals surface area contributed by atoms with Crippen molar-refractivity contribution >= 4 is 5.91 Å². The fraction of sp³-hybridized carbons (Fsp3) is 0.522. The van der Waals surface area contributed by atoms with Crippen molar-refractivity contribution in [3.05, 3.63) is 59.8 Å². The van der Waals surface area contributed by atoms with Crippen LogP contribution >= 0.6 is 0 Å². The van der Waals surface area contributed by atoms with Gasteiger partial charge in [0.05, 0.1) is 18.7 Å². The van der Waals surface area contributed by atoms with Gasteiger partial charge in [-0.05, 0) is 62.1 Å². The lowest BCUT2D eigenvalue weighted by atomic mass is 9.74. The van der Waals surface area contributed by atoms with E-state index in [1.165, 1.54) is 6.07 Å². The Kier molecular flexibility index (Phi) is 6.31. The Balaban J connectivity index is 1.39. The summed E-state index contributed by atoms with van der Waals surface area (Å²) in [7, 11) is 0. The van der Waals surface area contributed by atoms with Gasteiger partial charge in [-0.1, -0.05) is 12.1 Å². The number of likely N-dealkylation sites (tertiary alicyclic amines) is 1. The largest absolute Gasteiger partial charge is 0.468 e. The topological polar surface area (TPSA) is 54.7 Å². The molecule has 2 aromatic rings. The first-order valence-corrected chi connectivity index (χ1v) is 10.5. The standard InChI is InChI=1S/C23H29FN2O3/c24-20-6-1-5-19(14-20)23(8-12-28-13-9-23)17-25-22(27)18-4-2-10-26(15-18)16-21-7-3-11-29-21/h1,3,5-7,11,14,18H,2,4,8-10,12-13,15-17H2,(H,25,27). The molecule has 1 unspecified atom stereocenters. The molecule has 2 aliphatic heterocycles. The summed E-state index contributed by atoms with van der Waals surface area (Å²) in [6.45, 7) is 4.24. The van der Waals surface area contributed by atoms with Crippen LogP contribution in [-0.4, -0.2) is 43.7 Å². The summed E-state index contributed by atoms with van der Waals surface area (Å²) < 4.78 is 24.8. The molecule has 1 N–H and O–H groups in total. The maximum Gasteiger partial charge on any atom is 0.224 e. The Hall–Kier alpha value is -2.18. The number of carbonyl (C=O) groups is 1. The van der Waals surface area contributed by atoms with Gasteiger partial charge in [0.2, 0.25) is 5.91 Å². The average Bonchev–Trinajstić information content (AvgIpc) is 3.26. The molecule has 0 spiro atoms. The van der Waals surface area contributed by atoms with Gasteiger partial charge < -0.3 is 14.5 Å². The Morgan fingerprint density at radius 2 is 2.10 bits per heavy atom. The van der Waals surface area contributed by atoms with Crippen molar-refractivity contribution < 1.29 is 18.3 Å². The van der Waals surface area contributed by atoms with E-state index < -0.39 is 0 Å². The van der Waals surface area contributed by atoms with E-state index in [2.05, 4.69) is 10.2 Å². The number of ether oxygens (including phenoxy) is 1. The van der Waals surface area contributed by atoms with Crippen LogP contribution in [0.1, 0.15) is 37.0 Å². The number of amides is 1. The average molecular weight is 400 g/mol. The van der Waals surface area contributed by atoms with E-state index in [0.717, 1.165) is 56.6 Å². The lowest BCUT2D eigenvalue weighted by Gasteiger charge is -2.39. The third kappa shape index (κ3) is 4.87. The third-order valence-electron chi connectivity index (χ3n) is 6.32. The van der Waals surface area contributed by atoms with Crippen LogP contribution in [0.15, 0.2) is 47.1 Å². The van der Waals surface area contributed by atoms with Gasteiger partial charge in [-0.25, -0.2) is 4.39 Å². The van der Waals surface area contributed by atoms with E-state index >= 15 is 0 Å². The van der Waals surface area contributed by atoms with E-state index in [9.17, 15) is 9.18 Å². The summed E-state index contributed by atoms with van der Waals surface area (Å²) >= 11 is 0. The van der Waals surface area contributed by atoms with E-state index in [4.69, 9.17) is 9.15 Å². The van der Waals surface area contributed by atoms with Gasteiger partial charge >= 0.3 is 0 Å². The second-order valence-electron chi connectivity index (χ2n) is 8.27. The molecule has 5 nitrogen and oxygen atoms in total. The number of benzene rings is 1. The molecule has 156 valence electrons. The van der Waals surface area contributed by atoms with Crippen LogP contribution in [0.25, 0.3) is 0 Å². The molecule has 1 atom stereocenters. The molecule has 1 amide bonds. The highest BCUT2D eigenvalue weighted by molar-refractivity contribution is 5.79. The van der Waals surface area contributed by atoms with Crippen LogP contribution in [-0.2, 0) is 21.5 Å². The van der Waals surface area contributed by atoms with Crippen molar-refractivity contribution in [2.45, 2.75) is 37.6 Å². The lowest BCUT2D eigenvalue weighted by Crippen LogP contribution is -2.48. The maximum absolute atomic E-state index is 13.8. The number of nitrogens with one attached hydrogen (secondary N) is 1. The number of piperidine rings is 1. The van der Waals surface area contributed by atoms with Gasteiger partial charge in [0.25, 0.3) is 0 Å². The van der Waals surface area contributed by atoms with Gasteiger partial charge in [-0.2, -0.15) is 0 Å². The van der Waals surface area contributed by atoms with Crippen molar-refractivity contribution in [2.75, 3.05) is 32.8 Å². The van der Waals surface area contributed by atoms with Crippen LogP contribution in [0, 0.1) is 11.7 Å². The molecule has 2 fully saturated rings. The molecule has 4 rings (SSSR count). The number of furan rings is 1. The summed E-state index contributed by atoms with van der Waals surface area (Å²) in [5.41, 5.74) is 0.683. The number of hydrogen-bond acceptors (Lipinski definition) is 4. The second-order valence-corrected chi connectivity index (χ2v) is 8.27. The summed E-state index contributed by atoms with van der Waals surface area (Å²) in [5, 5.41) is 3.19. The van der Waals surface area contributed by atoms with Crippen molar-refractivity contribution in [3.8, 4) is 0 Å². The molecule has 0 bridgehead atoms. The number of rotatable bonds is 6. The van der Waals surface area contributed by atoms with Crippen LogP contribution in [0.4, 0.5) is 4.39 Å². The highest BCUT2D eigenvalue weighted by Gasteiger charge is 2.36. The summed E-state index contributed by atoms with van der Waals surface area (Å²) in [6.07, 6.45) is 5.15. The molecular weight excluding hydrogens is 371 g/mol. The van der Waals surface area contributed by atoms with Crippen molar-refractivity contribution in [2.24, 2.45) is 5.92 Å². The van der Waals surface area contributed by atoms with Gasteiger partial charge in [-0.15, -0.1) is 0 Å². The van der Waals surface area contributed by atoms with E-state index in [-0.39, 0.29) is 23.1 Å². The third-order valence-corrected chi connectivity index (χ3v) is 6.32. The molecule has 0 aliphatic carbocycles. The Morgan fingerprint density at radius 3 is 2.86 bits per heavy atom. The van der Waals surface area contributed by atoms with E-state index in [0.29, 0.717) is 19.8 Å². The number of halogens is 1. The van der Waals surface area contributed by atoms with Crippen molar-refractivity contribution in [1.29, 1.82) is 0 Å². The first-order chi connectivity index (χ1) is 14.1. The minimum absolute atomic E-state index is 0.0249. The van der Waals surface area contributed by atoms with E-state index in [1.54, 1.807) is 18.4 Å². The van der Waals surface area contributed by atoms with Crippen LogP contribution in [0.5, 0.6) is 0 Å². The van der Waals surface area contributed by atoms with Gasteiger partial charge in [0.15, 0.2) is 0 Å². The molecule has 1 aromatic carbocycles. The molecule has 1 aromatic heterocycles. The first-order valence-electron chi connectivity index (χ1n) is 10.5. The maximum atomic E-state index is 13.8. The molecule has 2 saturated heterocycles. The number of nitrogens with zero attached hydrogens (tertiary/aromatic N) is 1. The zero-order valence-electron chi connectivity index (χ0n) is 16.7. The smallest absolute Gasteiger partial charge is 0.224 e.